The molecule has 1 atom stereocenters. The lowest BCUT2D eigenvalue weighted by Gasteiger charge is -2.11. The van der Waals surface area contributed by atoms with Gasteiger partial charge < -0.3 is 10.6 Å². The van der Waals surface area contributed by atoms with Crippen molar-refractivity contribution in [2.45, 2.75) is 26.8 Å². The van der Waals surface area contributed by atoms with Crippen molar-refractivity contribution in [3.63, 3.8) is 0 Å². The maximum Gasteiger partial charge on any atom is 0.252 e. The Morgan fingerprint density at radius 2 is 2.00 bits per heavy atom. The second-order valence-electron chi connectivity index (χ2n) is 5.14. The van der Waals surface area contributed by atoms with Gasteiger partial charge in [0.15, 0.2) is 5.82 Å². The van der Waals surface area contributed by atoms with Gasteiger partial charge in [-0.3, -0.25) is 4.79 Å². The van der Waals surface area contributed by atoms with Crippen molar-refractivity contribution in [3.05, 3.63) is 41.3 Å². The van der Waals surface area contributed by atoms with E-state index < -0.39 is 0 Å². The third-order valence-corrected chi connectivity index (χ3v) is 3.30. The summed E-state index contributed by atoms with van der Waals surface area (Å²) < 4.78 is 1.76. The molecule has 0 aromatic carbocycles. The van der Waals surface area contributed by atoms with Crippen LogP contribution in [0, 0.1) is 13.8 Å². The number of halogens is 2. The Labute approximate surface area is 148 Å². The molecule has 0 saturated carbocycles. The summed E-state index contributed by atoms with van der Waals surface area (Å²) in [5, 5.41) is 10.3. The summed E-state index contributed by atoms with van der Waals surface area (Å²) in [6.07, 6.45) is 1.57. The number of carbonyl (C=O) groups is 1. The van der Waals surface area contributed by atoms with Gasteiger partial charge in [-0.2, -0.15) is 5.10 Å². The van der Waals surface area contributed by atoms with Crippen molar-refractivity contribution in [2.75, 3.05) is 13.6 Å². The van der Waals surface area contributed by atoms with Crippen LogP contribution in [0.1, 0.15) is 28.7 Å². The number of nitrogens with zero attached hydrogens (tertiary/aromatic N) is 3. The van der Waals surface area contributed by atoms with Crippen LogP contribution in [0.5, 0.6) is 0 Å². The van der Waals surface area contributed by atoms with Gasteiger partial charge in [-0.05, 0) is 46.0 Å². The zero-order chi connectivity index (χ0) is 15.4. The van der Waals surface area contributed by atoms with Crippen LogP contribution in [0.2, 0.25) is 0 Å². The molecule has 1 amide bonds. The molecule has 23 heavy (non-hydrogen) atoms. The number of likely N-dealkylation sites (N-methyl/N-ethyl adjacent to an activating group) is 1. The molecule has 128 valence electrons. The highest BCUT2D eigenvalue weighted by molar-refractivity contribution is 5.93. The number of rotatable bonds is 5. The van der Waals surface area contributed by atoms with Gasteiger partial charge in [0.1, 0.15) is 0 Å². The SMILES string of the molecule is CNC(C)CNC(=O)c1ccc(-n2nc(C)cc2C)nc1.Cl.Cl. The molecule has 0 radical (unpaired) electrons. The molecular formula is C15H23Cl2N5O. The van der Waals surface area contributed by atoms with Crippen molar-refractivity contribution in [2.24, 2.45) is 0 Å². The molecule has 0 aliphatic rings. The highest BCUT2D eigenvalue weighted by Gasteiger charge is 2.09. The number of hydrogen-bond acceptors (Lipinski definition) is 4. The number of carbonyl (C=O) groups excluding carboxylic acids is 1. The topological polar surface area (TPSA) is 71.8 Å². The fourth-order valence-electron chi connectivity index (χ4n) is 1.96. The minimum Gasteiger partial charge on any atom is -0.350 e. The molecule has 2 N–H and O–H groups in total. The van der Waals surface area contributed by atoms with Crippen molar-refractivity contribution in [1.29, 1.82) is 0 Å². The maximum absolute atomic E-state index is 12.0. The Hall–Kier alpha value is -1.63. The van der Waals surface area contributed by atoms with E-state index in [4.69, 9.17) is 0 Å². The largest absolute Gasteiger partial charge is 0.350 e. The number of pyridine rings is 1. The van der Waals surface area contributed by atoms with Gasteiger partial charge in [-0.15, -0.1) is 24.8 Å². The molecule has 0 aliphatic carbocycles. The average Bonchev–Trinajstić information content (AvgIpc) is 2.83. The molecule has 0 aliphatic heterocycles. The molecule has 0 bridgehead atoms. The molecule has 0 saturated heterocycles. The summed E-state index contributed by atoms with van der Waals surface area (Å²) in [4.78, 5) is 16.3. The van der Waals surface area contributed by atoms with Crippen molar-refractivity contribution in [1.82, 2.24) is 25.4 Å². The van der Waals surface area contributed by atoms with E-state index >= 15 is 0 Å². The van der Waals surface area contributed by atoms with Crippen LogP contribution in [-0.2, 0) is 0 Å². The van der Waals surface area contributed by atoms with Gasteiger partial charge in [0.2, 0.25) is 0 Å². The summed E-state index contributed by atoms with van der Waals surface area (Å²) in [5.74, 6) is 0.588. The van der Waals surface area contributed by atoms with E-state index in [1.54, 1.807) is 23.0 Å². The Bertz CT molecular complexity index is 627. The number of aromatic nitrogens is 3. The normalized spacial score (nSPS) is 11.1. The Kier molecular flexibility index (Phi) is 8.82. The van der Waals surface area contributed by atoms with Gasteiger partial charge in [-0.25, -0.2) is 9.67 Å². The van der Waals surface area contributed by atoms with E-state index in [2.05, 4.69) is 20.7 Å². The van der Waals surface area contributed by atoms with Gasteiger partial charge in [-0.1, -0.05) is 0 Å². The minimum atomic E-state index is -0.121. The number of aryl methyl sites for hydroxylation is 2. The standard InChI is InChI=1S/C15H21N5O.2ClH/c1-10-7-12(3)20(19-10)14-6-5-13(9-17-14)15(21)18-8-11(2)16-4;;/h5-7,9,11,16H,8H2,1-4H3,(H,18,21);2*1H. The minimum absolute atomic E-state index is 0. The zero-order valence-electron chi connectivity index (χ0n) is 13.7. The number of hydrogen-bond donors (Lipinski definition) is 2. The molecule has 6 nitrogen and oxygen atoms in total. The molecule has 2 rings (SSSR count). The highest BCUT2D eigenvalue weighted by atomic mass is 35.5. The lowest BCUT2D eigenvalue weighted by Crippen LogP contribution is -2.37. The van der Waals surface area contributed by atoms with Crippen molar-refractivity contribution < 1.29 is 4.79 Å². The first kappa shape index (κ1) is 21.4. The van der Waals surface area contributed by atoms with Crippen LogP contribution in [0.25, 0.3) is 5.82 Å². The van der Waals surface area contributed by atoms with Gasteiger partial charge in [0.05, 0.1) is 11.3 Å². The van der Waals surface area contributed by atoms with Crippen molar-refractivity contribution >= 4 is 30.7 Å². The van der Waals surface area contributed by atoms with E-state index in [1.807, 2.05) is 33.9 Å². The maximum atomic E-state index is 12.0. The predicted molar refractivity (Wildman–Crippen MR) is 96.2 cm³/mol. The summed E-state index contributed by atoms with van der Waals surface area (Å²) in [7, 11) is 1.86. The third-order valence-electron chi connectivity index (χ3n) is 3.30. The van der Waals surface area contributed by atoms with E-state index in [1.165, 1.54) is 0 Å². The predicted octanol–water partition coefficient (Wildman–Crippen LogP) is 2.07. The van der Waals surface area contributed by atoms with Gasteiger partial charge >= 0.3 is 0 Å². The fourth-order valence-corrected chi connectivity index (χ4v) is 1.96. The van der Waals surface area contributed by atoms with Crippen LogP contribution in [0.3, 0.4) is 0 Å². The van der Waals surface area contributed by atoms with Gasteiger partial charge in [0, 0.05) is 24.5 Å². The Morgan fingerprint density at radius 3 is 2.48 bits per heavy atom. The number of amides is 1. The lowest BCUT2D eigenvalue weighted by atomic mass is 10.2. The van der Waals surface area contributed by atoms with Crippen LogP contribution in [0.4, 0.5) is 0 Å². The smallest absolute Gasteiger partial charge is 0.252 e. The second-order valence-corrected chi connectivity index (χ2v) is 5.14. The summed E-state index contributed by atoms with van der Waals surface area (Å²) >= 11 is 0. The second kappa shape index (κ2) is 9.50. The molecule has 2 heterocycles. The first-order valence-corrected chi connectivity index (χ1v) is 6.96. The summed E-state index contributed by atoms with van der Waals surface area (Å²) in [6, 6.07) is 5.78. The Morgan fingerprint density at radius 1 is 1.30 bits per heavy atom. The quantitative estimate of drug-likeness (QED) is 0.856. The highest BCUT2D eigenvalue weighted by Crippen LogP contribution is 2.10. The summed E-state index contributed by atoms with van der Waals surface area (Å²) in [6.45, 7) is 6.49. The average molecular weight is 360 g/mol. The molecule has 0 fully saturated rings. The first-order valence-electron chi connectivity index (χ1n) is 6.96. The molecule has 2 aromatic rings. The lowest BCUT2D eigenvalue weighted by molar-refractivity contribution is 0.0950. The van der Waals surface area contributed by atoms with Crippen LogP contribution >= 0.6 is 24.8 Å². The van der Waals surface area contributed by atoms with Gasteiger partial charge in [0.25, 0.3) is 5.91 Å². The fraction of sp³-hybridized carbons (Fsp3) is 0.400. The van der Waals surface area contributed by atoms with Crippen molar-refractivity contribution in [3.8, 4) is 5.82 Å². The summed E-state index contributed by atoms with van der Waals surface area (Å²) in [5.41, 5.74) is 2.50. The molecule has 0 spiro atoms. The number of nitrogens with one attached hydrogen (secondary N) is 2. The molecule has 1 unspecified atom stereocenters. The first-order chi connectivity index (χ1) is 10.0. The zero-order valence-corrected chi connectivity index (χ0v) is 15.3. The molecule has 8 heteroatoms. The monoisotopic (exact) mass is 359 g/mol. The third kappa shape index (κ3) is 5.49. The molecular weight excluding hydrogens is 337 g/mol. The van der Waals surface area contributed by atoms with Crippen LogP contribution in [0.15, 0.2) is 24.4 Å². The van der Waals surface area contributed by atoms with Crippen LogP contribution < -0.4 is 10.6 Å². The Balaban J connectivity index is 0.00000242. The molecule has 2 aromatic heterocycles. The van der Waals surface area contributed by atoms with E-state index in [0.29, 0.717) is 17.9 Å². The van der Waals surface area contributed by atoms with Crippen LogP contribution in [-0.4, -0.2) is 40.3 Å². The van der Waals surface area contributed by atoms with E-state index in [9.17, 15) is 4.79 Å². The van der Waals surface area contributed by atoms with E-state index in [0.717, 1.165) is 11.4 Å². The van der Waals surface area contributed by atoms with E-state index in [-0.39, 0.29) is 36.8 Å².